The SMILES string of the molecule is CC(C)CC(=O)Nc1ccc(C(=O)NN=Cc2ccc[nH]2)cc1. The van der Waals surface area contributed by atoms with Crippen molar-refractivity contribution in [1.29, 1.82) is 0 Å². The zero-order chi connectivity index (χ0) is 16.7. The lowest BCUT2D eigenvalue weighted by Crippen LogP contribution is -2.18. The van der Waals surface area contributed by atoms with Crippen LogP contribution in [0, 0.1) is 5.92 Å². The van der Waals surface area contributed by atoms with Gasteiger partial charge >= 0.3 is 0 Å². The normalized spacial score (nSPS) is 10.9. The van der Waals surface area contributed by atoms with E-state index in [4.69, 9.17) is 0 Å². The summed E-state index contributed by atoms with van der Waals surface area (Å²) in [6, 6.07) is 10.4. The number of anilines is 1. The molecule has 0 spiro atoms. The Balaban J connectivity index is 1.88. The molecule has 23 heavy (non-hydrogen) atoms. The number of H-pyrrole nitrogens is 1. The van der Waals surface area contributed by atoms with Crippen LogP contribution in [-0.4, -0.2) is 23.0 Å². The van der Waals surface area contributed by atoms with Gasteiger partial charge in [0.15, 0.2) is 0 Å². The second-order valence-electron chi connectivity index (χ2n) is 5.55. The van der Waals surface area contributed by atoms with Crippen LogP contribution in [0.2, 0.25) is 0 Å². The second kappa shape index (κ2) is 7.93. The van der Waals surface area contributed by atoms with E-state index in [1.807, 2.05) is 26.0 Å². The van der Waals surface area contributed by atoms with Gasteiger partial charge in [-0.1, -0.05) is 13.8 Å². The zero-order valence-corrected chi connectivity index (χ0v) is 13.2. The van der Waals surface area contributed by atoms with Crippen molar-refractivity contribution in [3.05, 3.63) is 53.9 Å². The van der Waals surface area contributed by atoms with Crippen LogP contribution < -0.4 is 10.7 Å². The van der Waals surface area contributed by atoms with E-state index < -0.39 is 0 Å². The molecule has 120 valence electrons. The number of amides is 2. The fourth-order valence-corrected chi connectivity index (χ4v) is 1.94. The fourth-order valence-electron chi connectivity index (χ4n) is 1.94. The number of nitrogens with zero attached hydrogens (tertiary/aromatic N) is 1. The van der Waals surface area contributed by atoms with Crippen molar-refractivity contribution in [2.45, 2.75) is 20.3 Å². The molecule has 6 heteroatoms. The highest BCUT2D eigenvalue weighted by atomic mass is 16.2. The average molecular weight is 312 g/mol. The van der Waals surface area contributed by atoms with Crippen LogP contribution in [0.1, 0.15) is 36.3 Å². The first kappa shape index (κ1) is 16.5. The lowest BCUT2D eigenvalue weighted by molar-refractivity contribution is -0.116. The number of carbonyl (C=O) groups excluding carboxylic acids is 2. The molecule has 0 fully saturated rings. The van der Waals surface area contributed by atoms with Crippen molar-refractivity contribution in [3.8, 4) is 0 Å². The van der Waals surface area contributed by atoms with Crippen LogP contribution in [0.3, 0.4) is 0 Å². The van der Waals surface area contributed by atoms with Crippen molar-refractivity contribution in [2.75, 3.05) is 5.32 Å². The topological polar surface area (TPSA) is 86.3 Å². The molecule has 0 aliphatic carbocycles. The Morgan fingerprint density at radius 3 is 2.57 bits per heavy atom. The largest absolute Gasteiger partial charge is 0.360 e. The van der Waals surface area contributed by atoms with Crippen molar-refractivity contribution < 1.29 is 9.59 Å². The molecule has 2 rings (SSSR count). The first-order valence-corrected chi connectivity index (χ1v) is 7.41. The van der Waals surface area contributed by atoms with E-state index in [0.29, 0.717) is 23.6 Å². The molecule has 1 heterocycles. The Kier molecular flexibility index (Phi) is 5.68. The predicted molar refractivity (Wildman–Crippen MR) is 90.4 cm³/mol. The predicted octanol–water partition coefficient (Wildman–Crippen LogP) is 2.76. The molecular weight excluding hydrogens is 292 g/mol. The van der Waals surface area contributed by atoms with E-state index in [1.165, 1.54) is 6.21 Å². The summed E-state index contributed by atoms with van der Waals surface area (Å²) >= 11 is 0. The summed E-state index contributed by atoms with van der Waals surface area (Å²) in [5.74, 6) is -0.0433. The molecule has 0 aliphatic rings. The maximum atomic E-state index is 11.9. The maximum absolute atomic E-state index is 11.9. The van der Waals surface area contributed by atoms with E-state index in [-0.39, 0.29) is 11.8 Å². The van der Waals surface area contributed by atoms with Gasteiger partial charge in [0.2, 0.25) is 5.91 Å². The Morgan fingerprint density at radius 1 is 1.22 bits per heavy atom. The Morgan fingerprint density at radius 2 is 1.96 bits per heavy atom. The van der Waals surface area contributed by atoms with Gasteiger partial charge in [-0.3, -0.25) is 9.59 Å². The van der Waals surface area contributed by atoms with Crippen LogP contribution in [0.5, 0.6) is 0 Å². The van der Waals surface area contributed by atoms with Crippen molar-refractivity contribution >= 4 is 23.7 Å². The number of aromatic amines is 1. The highest BCUT2D eigenvalue weighted by molar-refractivity contribution is 5.96. The molecule has 0 aliphatic heterocycles. The molecule has 3 N–H and O–H groups in total. The first-order chi connectivity index (χ1) is 11.0. The number of nitrogens with one attached hydrogen (secondary N) is 3. The first-order valence-electron chi connectivity index (χ1n) is 7.41. The average Bonchev–Trinajstić information content (AvgIpc) is 3.00. The molecule has 0 atom stereocenters. The molecule has 0 radical (unpaired) electrons. The third-order valence-corrected chi connectivity index (χ3v) is 3.02. The third kappa shape index (κ3) is 5.43. The molecule has 2 amide bonds. The minimum absolute atomic E-state index is 0.0345. The smallest absolute Gasteiger partial charge is 0.271 e. The summed E-state index contributed by atoms with van der Waals surface area (Å²) in [6.45, 7) is 3.97. The molecule has 1 aromatic carbocycles. The van der Waals surface area contributed by atoms with Crippen LogP contribution in [0.4, 0.5) is 5.69 Å². The van der Waals surface area contributed by atoms with E-state index >= 15 is 0 Å². The number of rotatable bonds is 6. The number of hydrazone groups is 1. The van der Waals surface area contributed by atoms with Crippen LogP contribution >= 0.6 is 0 Å². The highest BCUT2D eigenvalue weighted by Gasteiger charge is 2.07. The maximum Gasteiger partial charge on any atom is 0.271 e. The van der Waals surface area contributed by atoms with E-state index in [1.54, 1.807) is 30.5 Å². The Labute approximate surface area is 135 Å². The van der Waals surface area contributed by atoms with Gasteiger partial charge in [-0.15, -0.1) is 0 Å². The summed E-state index contributed by atoms with van der Waals surface area (Å²) in [4.78, 5) is 26.6. The van der Waals surface area contributed by atoms with Gasteiger partial charge in [0.1, 0.15) is 0 Å². The second-order valence-corrected chi connectivity index (χ2v) is 5.55. The summed E-state index contributed by atoms with van der Waals surface area (Å²) in [5.41, 5.74) is 4.38. The summed E-state index contributed by atoms with van der Waals surface area (Å²) in [6.07, 6.45) is 3.77. The van der Waals surface area contributed by atoms with Gasteiger partial charge in [0.05, 0.1) is 11.9 Å². The molecule has 0 unspecified atom stereocenters. The van der Waals surface area contributed by atoms with Crippen molar-refractivity contribution in [2.24, 2.45) is 11.0 Å². The van der Waals surface area contributed by atoms with Gasteiger partial charge < -0.3 is 10.3 Å². The lowest BCUT2D eigenvalue weighted by Gasteiger charge is -2.07. The minimum Gasteiger partial charge on any atom is -0.360 e. The number of carbonyl (C=O) groups is 2. The number of hydrogen-bond donors (Lipinski definition) is 3. The summed E-state index contributed by atoms with van der Waals surface area (Å²) in [7, 11) is 0. The van der Waals surface area contributed by atoms with E-state index in [2.05, 4.69) is 20.8 Å². The number of hydrogen-bond acceptors (Lipinski definition) is 3. The Hall–Kier alpha value is -2.89. The monoisotopic (exact) mass is 312 g/mol. The quantitative estimate of drug-likeness (QED) is 0.566. The molecule has 0 saturated heterocycles. The number of aromatic nitrogens is 1. The highest BCUT2D eigenvalue weighted by Crippen LogP contribution is 2.11. The van der Waals surface area contributed by atoms with Crippen LogP contribution in [0.15, 0.2) is 47.7 Å². The van der Waals surface area contributed by atoms with Crippen LogP contribution in [0.25, 0.3) is 0 Å². The fraction of sp³-hybridized carbons (Fsp3) is 0.235. The van der Waals surface area contributed by atoms with Crippen LogP contribution in [-0.2, 0) is 4.79 Å². The van der Waals surface area contributed by atoms with Gasteiger partial charge in [0, 0.05) is 23.9 Å². The Bertz CT molecular complexity index is 673. The molecule has 6 nitrogen and oxygen atoms in total. The molecular formula is C17H20N4O2. The van der Waals surface area contributed by atoms with Gasteiger partial charge in [-0.25, -0.2) is 5.43 Å². The van der Waals surface area contributed by atoms with E-state index in [9.17, 15) is 9.59 Å². The van der Waals surface area contributed by atoms with Crippen molar-refractivity contribution in [3.63, 3.8) is 0 Å². The van der Waals surface area contributed by atoms with Gasteiger partial charge in [0.25, 0.3) is 5.91 Å². The summed E-state index contributed by atoms with van der Waals surface area (Å²) in [5, 5.41) is 6.66. The minimum atomic E-state index is -0.312. The van der Waals surface area contributed by atoms with E-state index in [0.717, 1.165) is 5.69 Å². The zero-order valence-electron chi connectivity index (χ0n) is 13.2. The number of benzene rings is 1. The third-order valence-electron chi connectivity index (χ3n) is 3.02. The summed E-state index contributed by atoms with van der Waals surface area (Å²) < 4.78 is 0. The van der Waals surface area contributed by atoms with Gasteiger partial charge in [-0.2, -0.15) is 5.10 Å². The standard InChI is InChI=1S/C17H20N4O2/c1-12(2)10-16(22)20-14-7-5-13(6-8-14)17(23)21-19-11-15-4-3-9-18-15/h3-9,11-12,18H,10H2,1-2H3,(H,20,22)(H,21,23). The lowest BCUT2D eigenvalue weighted by atomic mass is 10.1. The van der Waals surface area contributed by atoms with Crippen molar-refractivity contribution in [1.82, 2.24) is 10.4 Å². The molecule has 0 bridgehead atoms. The molecule has 1 aromatic heterocycles. The molecule has 0 saturated carbocycles. The molecule has 2 aromatic rings. The van der Waals surface area contributed by atoms with Gasteiger partial charge in [-0.05, 0) is 42.3 Å².